The van der Waals surface area contributed by atoms with Gasteiger partial charge in [0.1, 0.15) is 13.2 Å². The van der Waals surface area contributed by atoms with Gasteiger partial charge in [0.05, 0.1) is 0 Å². The minimum absolute atomic E-state index is 0.156. The summed E-state index contributed by atoms with van der Waals surface area (Å²) in [6.07, 6.45) is 0. The van der Waals surface area contributed by atoms with Gasteiger partial charge in [-0.1, -0.05) is 30.3 Å². The van der Waals surface area contributed by atoms with Crippen LogP contribution < -0.4 is 11.1 Å². The van der Waals surface area contributed by atoms with Crippen LogP contribution in [0.3, 0.4) is 0 Å². The van der Waals surface area contributed by atoms with E-state index in [1.54, 1.807) is 0 Å². The first-order chi connectivity index (χ1) is 11.1. The predicted octanol–water partition coefficient (Wildman–Crippen LogP) is 1.26. The Bertz CT molecular complexity index is 696. The van der Waals surface area contributed by atoms with Crippen molar-refractivity contribution in [3.05, 3.63) is 71.3 Å². The Morgan fingerprint density at radius 1 is 0.913 bits per heavy atom. The molecule has 2 amide bonds. The molecule has 2 rings (SSSR count). The highest BCUT2D eigenvalue weighted by molar-refractivity contribution is 5.98. The third kappa shape index (κ3) is 4.96. The first-order valence-corrected chi connectivity index (χ1v) is 6.94. The Hall–Kier alpha value is -3.15. The van der Waals surface area contributed by atoms with E-state index in [-0.39, 0.29) is 13.2 Å². The van der Waals surface area contributed by atoms with Gasteiger partial charge in [-0.05, 0) is 29.8 Å². The summed E-state index contributed by atoms with van der Waals surface area (Å²) >= 11 is 0. The number of nitrogens with one attached hydrogen (secondary N) is 1. The van der Waals surface area contributed by atoms with Gasteiger partial charge >= 0.3 is 5.97 Å². The maximum atomic E-state index is 11.9. The number of carbonyl (C=O) groups excluding carboxylic acids is 3. The van der Waals surface area contributed by atoms with E-state index in [0.717, 1.165) is 5.56 Å². The molecule has 3 N–H and O–H groups in total. The molecule has 0 aliphatic carbocycles. The van der Waals surface area contributed by atoms with Gasteiger partial charge in [-0.25, -0.2) is 0 Å². The van der Waals surface area contributed by atoms with Crippen molar-refractivity contribution in [2.75, 3.05) is 6.54 Å². The number of ether oxygens (including phenoxy) is 1. The summed E-state index contributed by atoms with van der Waals surface area (Å²) in [5.41, 5.74) is 6.62. The molecule has 2 aromatic rings. The fraction of sp³-hybridized carbons (Fsp3) is 0.118. The Morgan fingerprint density at radius 2 is 1.52 bits per heavy atom. The topological polar surface area (TPSA) is 98.5 Å². The fourth-order valence-corrected chi connectivity index (χ4v) is 1.83. The Morgan fingerprint density at radius 3 is 2.13 bits per heavy atom. The van der Waals surface area contributed by atoms with Crippen LogP contribution in [0.5, 0.6) is 0 Å². The minimum Gasteiger partial charge on any atom is -0.460 e. The quantitative estimate of drug-likeness (QED) is 0.784. The van der Waals surface area contributed by atoms with Gasteiger partial charge in [-0.15, -0.1) is 0 Å². The molecule has 0 saturated heterocycles. The molecule has 0 bridgehead atoms. The monoisotopic (exact) mass is 312 g/mol. The van der Waals surface area contributed by atoms with Crippen molar-refractivity contribution in [1.82, 2.24) is 5.32 Å². The summed E-state index contributed by atoms with van der Waals surface area (Å²) in [4.78, 5) is 34.4. The van der Waals surface area contributed by atoms with Crippen LogP contribution >= 0.6 is 0 Å². The second-order valence-electron chi connectivity index (χ2n) is 4.77. The minimum atomic E-state index is -0.568. The van der Waals surface area contributed by atoms with E-state index in [1.807, 2.05) is 30.3 Å². The molecule has 6 heteroatoms. The van der Waals surface area contributed by atoms with Crippen LogP contribution in [-0.2, 0) is 16.1 Å². The summed E-state index contributed by atoms with van der Waals surface area (Å²) in [5, 5.41) is 2.45. The molecule has 118 valence electrons. The van der Waals surface area contributed by atoms with Crippen LogP contribution in [0.25, 0.3) is 0 Å². The van der Waals surface area contributed by atoms with Gasteiger partial charge in [0, 0.05) is 11.1 Å². The Kier molecular flexibility index (Phi) is 5.46. The number of nitrogens with two attached hydrogens (primary N) is 1. The lowest BCUT2D eigenvalue weighted by atomic mass is 10.1. The molecule has 6 nitrogen and oxygen atoms in total. The van der Waals surface area contributed by atoms with Gasteiger partial charge in [0.25, 0.3) is 5.91 Å². The Balaban J connectivity index is 1.79. The summed E-state index contributed by atoms with van der Waals surface area (Å²) in [6, 6.07) is 15.1. The largest absolute Gasteiger partial charge is 0.460 e. The molecular formula is C17H16N2O4. The number of primary amides is 1. The number of hydrogen-bond donors (Lipinski definition) is 2. The summed E-state index contributed by atoms with van der Waals surface area (Å²) in [6.45, 7) is -0.0773. The summed E-state index contributed by atoms with van der Waals surface area (Å²) < 4.78 is 5.05. The van der Waals surface area contributed by atoms with E-state index in [9.17, 15) is 14.4 Å². The molecule has 0 atom stereocenters. The first kappa shape index (κ1) is 16.2. The molecule has 0 heterocycles. The molecule has 0 aromatic heterocycles. The number of hydrogen-bond acceptors (Lipinski definition) is 4. The van der Waals surface area contributed by atoms with Crippen molar-refractivity contribution in [1.29, 1.82) is 0 Å². The lowest BCUT2D eigenvalue weighted by Gasteiger charge is -2.07. The van der Waals surface area contributed by atoms with Crippen molar-refractivity contribution in [2.24, 2.45) is 5.73 Å². The van der Waals surface area contributed by atoms with Crippen molar-refractivity contribution in [3.63, 3.8) is 0 Å². The van der Waals surface area contributed by atoms with Crippen LogP contribution in [0.15, 0.2) is 54.6 Å². The fourth-order valence-electron chi connectivity index (χ4n) is 1.83. The van der Waals surface area contributed by atoms with Crippen LogP contribution in [0.4, 0.5) is 0 Å². The first-order valence-electron chi connectivity index (χ1n) is 6.94. The number of amides is 2. The SMILES string of the molecule is NC(=O)c1ccc(C(=O)NCC(=O)OCc2ccccc2)cc1. The average molecular weight is 312 g/mol. The van der Waals surface area contributed by atoms with Crippen LogP contribution in [-0.4, -0.2) is 24.3 Å². The lowest BCUT2D eigenvalue weighted by Crippen LogP contribution is -2.30. The van der Waals surface area contributed by atoms with E-state index in [4.69, 9.17) is 10.5 Å². The van der Waals surface area contributed by atoms with Crippen molar-refractivity contribution in [2.45, 2.75) is 6.61 Å². The lowest BCUT2D eigenvalue weighted by molar-refractivity contribution is -0.143. The molecule has 0 radical (unpaired) electrons. The highest BCUT2D eigenvalue weighted by Gasteiger charge is 2.10. The number of benzene rings is 2. The standard InChI is InChI=1S/C17H16N2O4/c18-16(21)13-6-8-14(9-7-13)17(22)19-10-15(20)23-11-12-4-2-1-3-5-12/h1-9H,10-11H2,(H2,18,21)(H,19,22). The van der Waals surface area contributed by atoms with Crippen LogP contribution in [0.1, 0.15) is 26.3 Å². The number of esters is 1. The summed E-state index contributed by atoms with van der Waals surface area (Å²) in [5.74, 6) is -1.53. The molecule has 0 aliphatic rings. The van der Waals surface area contributed by atoms with Gasteiger partial charge < -0.3 is 15.8 Å². The average Bonchev–Trinajstić information content (AvgIpc) is 2.58. The molecule has 2 aromatic carbocycles. The third-order valence-electron chi connectivity index (χ3n) is 3.07. The van der Waals surface area contributed by atoms with E-state index in [0.29, 0.717) is 11.1 Å². The van der Waals surface area contributed by atoms with E-state index in [1.165, 1.54) is 24.3 Å². The maximum Gasteiger partial charge on any atom is 0.325 e. The van der Waals surface area contributed by atoms with Gasteiger partial charge in [0.15, 0.2) is 0 Å². The zero-order valence-electron chi connectivity index (χ0n) is 12.3. The molecule has 0 aliphatic heterocycles. The second kappa shape index (κ2) is 7.74. The molecule has 0 spiro atoms. The summed E-state index contributed by atoms with van der Waals surface area (Å²) in [7, 11) is 0. The van der Waals surface area contributed by atoms with Crippen LogP contribution in [0, 0.1) is 0 Å². The zero-order valence-corrected chi connectivity index (χ0v) is 12.3. The molecule has 0 saturated carbocycles. The van der Waals surface area contributed by atoms with E-state index >= 15 is 0 Å². The molecule has 0 unspecified atom stereocenters. The zero-order chi connectivity index (χ0) is 16.7. The predicted molar refractivity (Wildman–Crippen MR) is 83.5 cm³/mol. The smallest absolute Gasteiger partial charge is 0.325 e. The van der Waals surface area contributed by atoms with Gasteiger partial charge in [-0.2, -0.15) is 0 Å². The van der Waals surface area contributed by atoms with E-state index < -0.39 is 17.8 Å². The Labute approximate surface area is 133 Å². The molecule has 0 fully saturated rings. The maximum absolute atomic E-state index is 11.9. The normalized spacial score (nSPS) is 9.91. The van der Waals surface area contributed by atoms with Crippen LogP contribution in [0.2, 0.25) is 0 Å². The van der Waals surface area contributed by atoms with E-state index in [2.05, 4.69) is 5.32 Å². The van der Waals surface area contributed by atoms with Gasteiger partial charge in [0.2, 0.25) is 5.91 Å². The van der Waals surface area contributed by atoms with Crippen molar-refractivity contribution < 1.29 is 19.1 Å². The highest BCUT2D eigenvalue weighted by atomic mass is 16.5. The van der Waals surface area contributed by atoms with Crippen molar-refractivity contribution >= 4 is 17.8 Å². The second-order valence-corrected chi connectivity index (χ2v) is 4.77. The number of rotatable bonds is 6. The van der Waals surface area contributed by atoms with Crippen molar-refractivity contribution in [3.8, 4) is 0 Å². The number of carbonyl (C=O) groups is 3. The third-order valence-corrected chi connectivity index (χ3v) is 3.07. The van der Waals surface area contributed by atoms with Gasteiger partial charge in [-0.3, -0.25) is 14.4 Å². The highest BCUT2D eigenvalue weighted by Crippen LogP contribution is 2.04. The molecule has 23 heavy (non-hydrogen) atoms. The molecular weight excluding hydrogens is 296 g/mol.